The summed E-state index contributed by atoms with van der Waals surface area (Å²) in [5, 5.41) is 0. The Morgan fingerprint density at radius 1 is 1.26 bits per heavy atom. The minimum Gasteiger partial charge on any atom is -0.369 e. The van der Waals surface area contributed by atoms with Gasteiger partial charge in [-0.05, 0) is 39.1 Å². The number of nitrogens with zero attached hydrogens (tertiary/aromatic N) is 5. The molecule has 0 spiro atoms. The topological polar surface area (TPSA) is 60.0 Å². The number of aromatic nitrogens is 1. The minimum absolute atomic E-state index is 0.110. The molecule has 3 heterocycles. The fourth-order valence-electron chi connectivity index (χ4n) is 3.93. The lowest BCUT2D eigenvalue weighted by Crippen LogP contribution is -2.40. The molecule has 1 aromatic rings. The summed E-state index contributed by atoms with van der Waals surface area (Å²) in [6, 6.07) is 2.05. The number of aryl methyl sites for hydroxylation is 1. The average Bonchev–Trinajstić information content (AvgIpc) is 2.85. The molecule has 7 nitrogen and oxygen atoms in total. The van der Waals surface area contributed by atoms with Crippen molar-refractivity contribution in [2.24, 2.45) is 5.92 Å². The van der Waals surface area contributed by atoms with E-state index in [0.29, 0.717) is 26.1 Å². The lowest BCUT2D eigenvalue weighted by molar-refractivity contribution is -0.135. The van der Waals surface area contributed by atoms with Crippen LogP contribution in [0.3, 0.4) is 0 Å². The van der Waals surface area contributed by atoms with Gasteiger partial charge in [-0.3, -0.25) is 14.6 Å². The van der Waals surface area contributed by atoms with Crippen LogP contribution in [0, 0.1) is 12.8 Å². The van der Waals surface area contributed by atoms with Crippen molar-refractivity contribution in [3.05, 3.63) is 24.0 Å². The van der Waals surface area contributed by atoms with Gasteiger partial charge in [-0.25, -0.2) is 0 Å². The highest BCUT2D eigenvalue weighted by Crippen LogP contribution is 2.23. The molecule has 27 heavy (non-hydrogen) atoms. The lowest BCUT2D eigenvalue weighted by atomic mass is 10.1. The molecule has 0 saturated carbocycles. The van der Waals surface area contributed by atoms with Gasteiger partial charge in [-0.15, -0.1) is 0 Å². The van der Waals surface area contributed by atoms with Crippen molar-refractivity contribution < 1.29 is 9.59 Å². The molecule has 2 fully saturated rings. The number of amides is 2. The van der Waals surface area contributed by atoms with Crippen molar-refractivity contribution in [1.82, 2.24) is 19.7 Å². The molecular formula is C20H31N5O2. The van der Waals surface area contributed by atoms with Crippen LogP contribution in [0.4, 0.5) is 5.69 Å². The van der Waals surface area contributed by atoms with Crippen LogP contribution in [-0.4, -0.2) is 91.4 Å². The molecule has 2 saturated heterocycles. The Labute approximate surface area is 161 Å². The predicted octanol–water partition coefficient (Wildman–Crippen LogP) is 0.839. The van der Waals surface area contributed by atoms with Gasteiger partial charge in [-0.2, -0.15) is 0 Å². The second-order valence-corrected chi connectivity index (χ2v) is 7.87. The van der Waals surface area contributed by atoms with E-state index in [1.807, 2.05) is 42.4 Å². The van der Waals surface area contributed by atoms with Gasteiger partial charge in [0.05, 0.1) is 5.92 Å². The number of pyridine rings is 1. The van der Waals surface area contributed by atoms with Crippen LogP contribution < -0.4 is 4.90 Å². The Morgan fingerprint density at radius 2 is 2.07 bits per heavy atom. The zero-order valence-corrected chi connectivity index (χ0v) is 16.7. The van der Waals surface area contributed by atoms with Gasteiger partial charge < -0.3 is 19.6 Å². The van der Waals surface area contributed by atoms with Gasteiger partial charge in [0.25, 0.3) is 0 Å². The SMILES string of the molecule is Cc1cnccc1N1CCCN(C(=O)[C@@H]2CC(=O)N(CCN(C)C)C2)CC1. The largest absolute Gasteiger partial charge is 0.369 e. The first kappa shape index (κ1) is 19.6. The lowest BCUT2D eigenvalue weighted by Gasteiger charge is -2.26. The number of likely N-dealkylation sites (N-methyl/N-ethyl adjacent to an activating group) is 1. The smallest absolute Gasteiger partial charge is 0.228 e. The molecule has 0 aromatic carbocycles. The van der Waals surface area contributed by atoms with Gasteiger partial charge in [0.2, 0.25) is 11.8 Å². The van der Waals surface area contributed by atoms with E-state index in [-0.39, 0.29) is 17.7 Å². The van der Waals surface area contributed by atoms with Crippen LogP contribution >= 0.6 is 0 Å². The van der Waals surface area contributed by atoms with Crippen LogP contribution in [-0.2, 0) is 9.59 Å². The molecule has 0 N–H and O–H groups in total. The van der Waals surface area contributed by atoms with Crippen LogP contribution in [0.2, 0.25) is 0 Å². The molecule has 1 atom stereocenters. The van der Waals surface area contributed by atoms with E-state index in [4.69, 9.17) is 0 Å². The maximum Gasteiger partial charge on any atom is 0.228 e. The maximum absolute atomic E-state index is 13.0. The predicted molar refractivity (Wildman–Crippen MR) is 106 cm³/mol. The highest BCUT2D eigenvalue weighted by atomic mass is 16.2. The van der Waals surface area contributed by atoms with E-state index in [1.54, 1.807) is 0 Å². The van der Waals surface area contributed by atoms with E-state index in [2.05, 4.69) is 21.7 Å². The Morgan fingerprint density at radius 3 is 2.81 bits per heavy atom. The first-order valence-corrected chi connectivity index (χ1v) is 9.82. The maximum atomic E-state index is 13.0. The van der Waals surface area contributed by atoms with Crippen LogP contribution in [0.1, 0.15) is 18.4 Å². The summed E-state index contributed by atoms with van der Waals surface area (Å²) in [7, 11) is 3.99. The standard InChI is InChI=1S/C20H31N5O2/c1-16-14-21-6-5-18(16)23-7-4-8-24(12-11-23)20(27)17-13-19(26)25(15-17)10-9-22(2)3/h5-6,14,17H,4,7-13,15H2,1-3H3/t17-/m1/s1. The number of carbonyl (C=O) groups is 2. The molecule has 2 aliphatic heterocycles. The first-order valence-electron chi connectivity index (χ1n) is 9.82. The molecule has 7 heteroatoms. The van der Waals surface area contributed by atoms with Gasteiger partial charge in [-0.1, -0.05) is 0 Å². The second-order valence-electron chi connectivity index (χ2n) is 7.87. The van der Waals surface area contributed by atoms with E-state index in [0.717, 1.165) is 38.2 Å². The summed E-state index contributed by atoms with van der Waals surface area (Å²) in [5.74, 6) is 0.0666. The fraction of sp³-hybridized carbons (Fsp3) is 0.650. The summed E-state index contributed by atoms with van der Waals surface area (Å²) in [5.41, 5.74) is 2.36. The molecular weight excluding hydrogens is 342 g/mol. The van der Waals surface area contributed by atoms with Crippen LogP contribution in [0.5, 0.6) is 0 Å². The van der Waals surface area contributed by atoms with Crippen LogP contribution in [0.25, 0.3) is 0 Å². The summed E-state index contributed by atoms with van der Waals surface area (Å²) in [6.07, 6.45) is 5.01. The highest BCUT2D eigenvalue weighted by molar-refractivity contribution is 5.89. The molecule has 0 aliphatic carbocycles. The van der Waals surface area contributed by atoms with Crippen molar-refractivity contribution in [3.63, 3.8) is 0 Å². The van der Waals surface area contributed by atoms with E-state index in [9.17, 15) is 9.59 Å². The molecule has 1 aromatic heterocycles. The summed E-state index contributed by atoms with van der Waals surface area (Å²) < 4.78 is 0. The minimum atomic E-state index is -0.186. The molecule has 2 aliphatic rings. The number of carbonyl (C=O) groups excluding carboxylic acids is 2. The normalized spacial score (nSPS) is 21.1. The van der Waals surface area contributed by atoms with Crippen molar-refractivity contribution in [2.45, 2.75) is 19.8 Å². The highest BCUT2D eigenvalue weighted by Gasteiger charge is 2.36. The van der Waals surface area contributed by atoms with E-state index < -0.39 is 0 Å². The van der Waals surface area contributed by atoms with Crippen molar-refractivity contribution in [3.8, 4) is 0 Å². The van der Waals surface area contributed by atoms with E-state index >= 15 is 0 Å². The zero-order valence-electron chi connectivity index (χ0n) is 16.7. The second kappa shape index (κ2) is 8.69. The van der Waals surface area contributed by atoms with Gasteiger partial charge in [0, 0.05) is 70.3 Å². The quantitative estimate of drug-likeness (QED) is 0.765. The third-order valence-electron chi connectivity index (χ3n) is 5.52. The van der Waals surface area contributed by atoms with Crippen molar-refractivity contribution in [1.29, 1.82) is 0 Å². The van der Waals surface area contributed by atoms with Gasteiger partial charge >= 0.3 is 0 Å². The molecule has 2 amide bonds. The molecule has 3 rings (SSSR count). The Bertz CT molecular complexity index is 678. The van der Waals surface area contributed by atoms with Crippen LogP contribution in [0.15, 0.2) is 18.5 Å². The zero-order chi connectivity index (χ0) is 19.4. The van der Waals surface area contributed by atoms with Gasteiger partial charge in [0.1, 0.15) is 0 Å². The fourth-order valence-corrected chi connectivity index (χ4v) is 3.93. The summed E-state index contributed by atoms with van der Waals surface area (Å²) in [4.78, 5) is 37.6. The van der Waals surface area contributed by atoms with Crippen molar-refractivity contribution in [2.75, 3.05) is 64.8 Å². The third kappa shape index (κ3) is 4.77. The first-order chi connectivity index (χ1) is 13.0. The molecule has 0 radical (unpaired) electrons. The summed E-state index contributed by atoms with van der Waals surface area (Å²) in [6.45, 7) is 7.40. The summed E-state index contributed by atoms with van der Waals surface area (Å²) >= 11 is 0. The monoisotopic (exact) mass is 373 g/mol. The van der Waals surface area contributed by atoms with Crippen molar-refractivity contribution >= 4 is 17.5 Å². The number of hydrogen-bond acceptors (Lipinski definition) is 5. The Hall–Kier alpha value is -2.15. The molecule has 0 bridgehead atoms. The molecule has 0 unspecified atom stereocenters. The van der Waals surface area contributed by atoms with Gasteiger partial charge in [0.15, 0.2) is 0 Å². The number of hydrogen-bond donors (Lipinski definition) is 0. The Kier molecular flexibility index (Phi) is 6.31. The molecule has 148 valence electrons. The average molecular weight is 374 g/mol. The number of anilines is 1. The van der Waals surface area contributed by atoms with E-state index in [1.165, 1.54) is 5.69 Å². The third-order valence-corrected chi connectivity index (χ3v) is 5.52. The number of likely N-dealkylation sites (tertiary alicyclic amines) is 1. The Balaban J connectivity index is 1.57. The number of rotatable bonds is 5.